The first kappa shape index (κ1) is 17.2. The lowest BCUT2D eigenvalue weighted by Gasteiger charge is -2.09. The molecular formula is C19H17N3O4. The highest BCUT2D eigenvalue weighted by molar-refractivity contribution is 6.03. The summed E-state index contributed by atoms with van der Waals surface area (Å²) in [7, 11) is 0. The molecule has 0 atom stereocenters. The lowest BCUT2D eigenvalue weighted by Crippen LogP contribution is -2.38. The van der Waals surface area contributed by atoms with Gasteiger partial charge in [0.2, 0.25) is 0 Å². The lowest BCUT2D eigenvalue weighted by atomic mass is 10.2. The summed E-state index contributed by atoms with van der Waals surface area (Å²) in [6.07, 6.45) is 1.12. The molecule has 0 saturated heterocycles. The van der Waals surface area contributed by atoms with E-state index in [4.69, 9.17) is 4.74 Å². The summed E-state index contributed by atoms with van der Waals surface area (Å²) in [4.78, 5) is 39.5. The van der Waals surface area contributed by atoms with Crippen molar-refractivity contribution < 1.29 is 9.53 Å². The molecule has 0 bridgehead atoms. The van der Waals surface area contributed by atoms with Crippen LogP contribution in [0.1, 0.15) is 17.3 Å². The van der Waals surface area contributed by atoms with Crippen molar-refractivity contribution in [2.24, 2.45) is 0 Å². The number of amides is 1. The number of aromatic nitrogens is 2. The summed E-state index contributed by atoms with van der Waals surface area (Å²) in [6.45, 7) is 2.42. The van der Waals surface area contributed by atoms with Crippen molar-refractivity contribution in [1.82, 2.24) is 9.55 Å². The van der Waals surface area contributed by atoms with Gasteiger partial charge in [0.25, 0.3) is 11.5 Å². The van der Waals surface area contributed by atoms with E-state index in [2.05, 4.69) is 10.3 Å². The highest BCUT2D eigenvalue weighted by Gasteiger charge is 2.16. The Hall–Kier alpha value is -3.61. The minimum Gasteiger partial charge on any atom is -0.494 e. The van der Waals surface area contributed by atoms with Gasteiger partial charge < -0.3 is 15.0 Å². The van der Waals surface area contributed by atoms with E-state index in [-0.39, 0.29) is 5.56 Å². The van der Waals surface area contributed by atoms with E-state index >= 15 is 0 Å². The summed E-state index contributed by atoms with van der Waals surface area (Å²) in [5, 5.41) is 2.64. The smallest absolute Gasteiger partial charge is 0.333 e. The standard InChI is InChI=1S/C19H17N3O4/c1-2-26-15-10-8-13(9-11-15)21-17(23)16-12-20-19(25)22(18(16)24)14-6-4-3-5-7-14/h3-12H,2H2,1H3,(H,20,25)(H,21,23). The van der Waals surface area contributed by atoms with Crippen molar-refractivity contribution in [1.29, 1.82) is 0 Å². The van der Waals surface area contributed by atoms with E-state index < -0.39 is 17.2 Å². The van der Waals surface area contributed by atoms with Crippen molar-refractivity contribution in [3.63, 3.8) is 0 Å². The minimum absolute atomic E-state index is 0.165. The van der Waals surface area contributed by atoms with Gasteiger partial charge in [-0.2, -0.15) is 0 Å². The van der Waals surface area contributed by atoms with E-state index in [1.54, 1.807) is 54.6 Å². The second-order valence-corrected chi connectivity index (χ2v) is 5.40. The van der Waals surface area contributed by atoms with Crippen LogP contribution < -0.4 is 21.3 Å². The second kappa shape index (κ2) is 7.52. The number of para-hydroxylation sites is 1. The molecule has 26 heavy (non-hydrogen) atoms. The van der Waals surface area contributed by atoms with E-state index in [0.717, 1.165) is 10.8 Å². The third-order valence-corrected chi connectivity index (χ3v) is 3.66. The number of H-pyrrole nitrogens is 1. The third kappa shape index (κ3) is 3.56. The molecule has 7 heteroatoms. The number of ether oxygens (including phenoxy) is 1. The maximum absolute atomic E-state index is 12.6. The first-order valence-electron chi connectivity index (χ1n) is 8.04. The Kier molecular flexibility index (Phi) is 4.98. The highest BCUT2D eigenvalue weighted by Crippen LogP contribution is 2.16. The van der Waals surface area contributed by atoms with Crippen LogP contribution in [0, 0.1) is 0 Å². The van der Waals surface area contributed by atoms with E-state index in [9.17, 15) is 14.4 Å². The summed E-state index contributed by atoms with van der Waals surface area (Å²) in [5.41, 5.74) is -0.575. The van der Waals surface area contributed by atoms with Gasteiger partial charge in [-0.25, -0.2) is 9.36 Å². The van der Waals surface area contributed by atoms with Crippen LogP contribution in [0.25, 0.3) is 5.69 Å². The van der Waals surface area contributed by atoms with Crippen molar-refractivity contribution in [3.05, 3.63) is 87.2 Å². The van der Waals surface area contributed by atoms with E-state index in [0.29, 0.717) is 23.7 Å². The largest absolute Gasteiger partial charge is 0.494 e. The zero-order chi connectivity index (χ0) is 18.5. The van der Waals surface area contributed by atoms with Crippen LogP contribution in [0.2, 0.25) is 0 Å². The highest BCUT2D eigenvalue weighted by atomic mass is 16.5. The normalized spacial score (nSPS) is 10.3. The molecule has 0 radical (unpaired) electrons. The number of aromatic amines is 1. The quantitative estimate of drug-likeness (QED) is 0.737. The topological polar surface area (TPSA) is 93.2 Å². The Morgan fingerprint density at radius 2 is 1.77 bits per heavy atom. The number of benzene rings is 2. The molecule has 1 aromatic heterocycles. The molecule has 0 unspecified atom stereocenters. The SMILES string of the molecule is CCOc1ccc(NC(=O)c2c[nH]c(=O)n(-c3ccccc3)c2=O)cc1. The molecular weight excluding hydrogens is 334 g/mol. The monoisotopic (exact) mass is 351 g/mol. The number of hydrogen-bond donors (Lipinski definition) is 2. The molecule has 0 aliphatic rings. The van der Waals surface area contributed by atoms with Crippen LogP contribution in [0.3, 0.4) is 0 Å². The van der Waals surface area contributed by atoms with Crippen LogP contribution >= 0.6 is 0 Å². The van der Waals surface area contributed by atoms with Gasteiger partial charge in [-0.1, -0.05) is 18.2 Å². The fourth-order valence-corrected chi connectivity index (χ4v) is 2.45. The van der Waals surface area contributed by atoms with Crippen molar-refractivity contribution in [2.45, 2.75) is 6.92 Å². The van der Waals surface area contributed by atoms with Crippen LogP contribution in [0.5, 0.6) is 5.75 Å². The predicted octanol–water partition coefficient (Wildman–Crippen LogP) is 2.18. The molecule has 2 N–H and O–H groups in total. The van der Waals surface area contributed by atoms with Gasteiger partial charge in [0.15, 0.2) is 0 Å². The number of rotatable bonds is 5. The molecule has 2 aromatic carbocycles. The molecule has 3 aromatic rings. The Labute approximate surface area is 148 Å². The van der Waals surface area contributed by atoms with Gasteiger partial charge in [-0.05, 0) is 43.3 Å². The maximum Gasteiger partial charge on any atom is 0.333 e. The predicted molar refractivity (Wildman–Crippen MR) is 98.2 cm³/mol. The first-order valence-corrected chi connectivity index (χ1v) is 8.04. The summed E-state index contributed by atoms with van der Waals surface area (Å²) >= 11 is 0. The Morgan fingerprint density at radius 1 is 1.08 bits per heavy atom. The zero-order valence-corrected chi connectivity index (χ0v) is 14.1. The van der Waals surface area contributed by atoms with Crippen LogP contribution in [-0.2, 0) is 0 Å². The minimum atomic E-state index is -0.691. The van der Waals surface area contributed by atoms with Crippen LogP contribution in [0.15, 0.2) is 70.4 Å². The molecule has 1 amide bonds. The number of carbonyl (C=O) groups is 1. The fourth-order valence-electron chi connectivity index (χ4n) is 2.45. The summed E-state index contributed by atoms with van der Waals surface area (Å²) in [6, 6.07) is 15.2. The molecule has 3 rings (SSSR count). The Balaban J connectivity index is 1.91. The molecule has 0 spiro atoms. The van der Waals surface area contributed by atoms with Crippen LogP contribution in [-0.4, -0.2) is 22.1 Å². The number of nitrogens with one attached hydrogen (secondary N) is 2. The molecule has 0 fully saturated rings. The summed E-state index contributed by atoms with van der Waals surface area (Å²) < 4.78 is 6.27. The van der Waals surface area contributed by atoms with Crippen molar-refractivity contribution >= 4 is 11.6 Å². The Morgan fingerprint density at radius 3 is 2.42 bits per heavy atom. The average Bonchev–Trinajstić information content (AvgIpc) is 2.64. The zero-order valence-electron chi connectivity index (χ0n) is 14.1. The second-order valence-electron chi connectivity index (χ2n) is 5.40. The maximum atomic E-state index is 12.6. The molecule has 132 valence electrons. The van der Waals surface area contributed by atoms with Gasteiger partial charge in [-0.15, -0.1) is 0 Å². The number of nitrogens with zero attached hydrogens (tertiary/aromatic N) is 1. The number of carbonyl (C=O) groups excluding carboxylic acids is 1. The molecule has 1 heterocycles. The summed E-state index contributed by atoms with van der Waals surface area (Å²) in [5.74, 6) is 0.0704. The molecule has 7 nitrogen and oxygen atoms in total. The van der Waals surface area contributed by atoms with E-state index in [1.165, 1.54) is 0 Å². The number of hydrogen-bond acceptors (Lipinski definition) is 4. The number of anilines is 1. The van der Waals surface area contributed by atoms with Gasteiger partial charge >= 0.3 is 5.69 Å². The van der Waals surface area contributed by atoms with Gasteiger partial charge in [0.1, 0.15) is 11.3 Å². The molecule has 0 saturated carbocycles. The van der Waals surface area contributed by atoms with E-state index in [1.807, 2.05) is 6.92 Å². The van der Waals surface area contributed by atoms with Gasteiger partial charge in [0.05, 0.1) is 12.3 Å². The van der Waals surface area contributed by atoms with Gasteiger partial charge in [-0.3, -0.25) is 9.59 Å². The molecule has 0 aliphatic carbocycles. The van der Waals surface area contributed by atoms with Crippen LogP contribution in [0.4, 0.5) is 5.69 Å². The Bertz CT molecular complexity index is 1020. The van der Waals surface area contributed by atoms with Crippen molar-refractivity contribution in [3.8, 4) is 11.4 Å². The molecule has 0 aliphatic heterocycles. The first-order chi connectivity index (χ1) is 12.6. The lowest BCUT2D eigenvalue weighted by molar-refractivity contribution is 0.102. The van der Waals surface area contributed by atoms with Gasteiger partial charge in [0, 0.05) is 11.9 Å². The third-order valence-electron chi connectivity index (χ3n) is 3.66. The fraction of sp³-hybridized carbons (Fsp3) is 0.105. The average molecular weight is 351 g/mol. The van der Waals surface area contributed by atoms with Crippen molar-refractivity contribution in [2.75, 3.05) is 11.9 Å².